The van der Waals surface area contributed by atoms with Crippen LogP contribution in [0.25, 0.3) is 0 Å². The third-order valence-corrected chi connectivity index (χ3v) is 3.62. The predicted octanol–water partition coefficient (Wildman–Crippen LogP) is 4.06. The van der Waals surface area contributed by atoms with Gasteiger partial charge >= 0.3 is 0 Å². The quantitative estimate of drug-likeness (QED) is 0.836. The van der Waals surface area contributed by atoms with E-state index in [4.69, 9.17) is 21.1 Å². The van der Waals surface area contributed by atoms with E-state index in [9.17, 15) is 4.79 Å². The Hall–Kier alpha value is -2.00. The number of hydrogen-bond donors (Lipinski definition) is 0. The van der Waals surface area contributed by atoms with Crippen molar-refractivity contribution in [1.29, 1.82) is 0 Å². The molecule has 0 spiro atoms. The monoisotopic (exact) mass is 288 g/mol. The molecule has 1 atom stereocenters. The van der Waals surface area contributed by atoms with Crippen molar-refractivity contribution in [2.45, 2.75) is 12.5 Å². The number of ether oxygens (including phenoxy) is 2. The minimum atomic E-state index is -0.263. The number of halogens is 1. The molecule has 0 amide bonds. The van der Waals surface area contributed by atoms with Gasteiger partial charge in [-0.25, -0.2) is 0 Å². The van der Waals surface area contributed by atoms with E-state index in [0.717, 1.165) is 5.56 Å². The molecule has 0 saturated heterocycles. The zero-order valence-electron chi connectivity index (χ0n) is 10.9. The smallest absolute Gasteiger partial charge is 0.170 e. The van der Waals surface area contributed by atoms with Crippen LogP contribution in [0.4, 0.5) is 0 Å². The molecule has 102 valence electrons. The van der Waals surface area contributed by atoms with E-state index in [1.807, 2.05) is 12.1 Å². The third-order valence-electron chi connectivity index (χ3n) is 3.37. The number of benzene rings is 2. The van der Waals surface area contributed by atoms with Gasteiger partial charge in [0, 0.05) is 5.02 Å². The van der Waals surface area contributed by atoms with E-state index in [2.05, 4.69) is 0 Å². The number of Topliss-reactive ketones (excluding diaryl/α,β-unsaturated/α-hetero) is 1. The van der Waals surface area contributed by atoms with Crippen LogP contribution in [0.1, 0.15) is 28.4 Å². The average Bonchev–Trinajstić information content (AvgIpc) is 2.47. The SMILES string of the molecule is COc1ccc2c(c1)C(=O)CC(c1ccc(Cl)cc1)O2. The lowest BCUT2D eigenvalue weighted by atomic mass is 9.96. The molecule has 1 aliphatic rings. The lowest BCUT2D eigenvalue weighted by molar-refractivity contribution is 0.0849. The molecule has 0 bridgehead atoms. The zero-order valence-corrected chi connectivity index (χ0v) is 11.7. The van der Waals surface area contributed by atoms with Crippen molar-refractivity contribution in [3.8, 4) is 11.5 Å². The van der Waals surface area contributed by atoms with Crippen LogP contribution >= 0.6 is 11.6 Å². The molecule has 0 aromatic heterocycles. The van der Waals surface area contributed by atoms with Crippen molar-refractivity contribution >= 4 is 17.4 Å². The van der Waals surface area contributed by atoms with Crippen molar-refractivity contribution in [3.63, 3.8) is 0 Å². The van der Waals surface area contributed by atoms with Gasteiger partial charge in [-0.15, -0.1) is 0 Å². The Kier molecular flexibility index (Phi) is 3.36. The zero-order chi connectivity index (χ0) is 14.1. The molecule has 0 aliphatic carbocycles. The Labute approximate surface area is 122 Å². The van der Waals surface area contributed by atoms with E-state index >= 15 is 0 Å². The van der Waals surface area contributed by atoms with Crippen LogP contribution in [0.5, 0.6) is 11.5 Å². The highest BCUT2D eigenvalue weighted by atomic mass is 35.5. The minimum absolute atomic E-state index is 0.0603. The Balaban J connectivity index is 1.92. The van der Waals surface area contributed by atoms with Gasteiger partial charge in [0.15, 0.2) is 5.78 Å². The minimum Gasteiger partial charge on any atom is -0.497 e. The summed E-state index contributed by atoms with van der Waals surface area (Å²) in [7, 11) is 1.58. The molecule has 2 aromatic carbocycles. The summed E-state index contributed by atoms with van der Waals surface area (Å²) in [6.07, 6.45) is 0.0580. The van der Waals surface area contributed by atoms with E-state index in [0.29, 0.717) is 28.5 Å². The number of carbonyl (C=O) groups is 1. The van der Waals surface area contributed by atoms with E-state index in [1.54, 1.807) is 37.4 Å². The maximum absolute atomic E-state index is 12.2. The van der Waals surface area contributed by atoms with Gasteiger partial charge in [0.2, 0.25) is 0 Å². The second-order valence-corrected chi connectivity index (χ2v) is 5.08. The van der Waals surface area contributed by atoms with Crippen LogP contribution in [0, 0.1) is 0 Å². The van der Waals surface area contributed by atoms with Crippen molar-refractivity contribution in [1.82, 2.24) is 0 Å². The lowest BCUT2D eigenvalue weighted by Gasteiger charge is -2.25. The summed E-state index contributed by atoms with van der Waals surface area (Å²) in [6.45, 7) is 0. The maximum atomic E-state index is 12.2. The highest BCUT2D eigenvalue weighted by molar-refractivity contribution is 6.30. The maximum Gasteiger partial charge on any atom is 0.170 e. The van der Waals surface area contributed by atoms with Crippen molar-refractivity contribution in [2.75, 3.05) is 7.11 Å². The number of ketones is 1. The molecule has 0 N–H and O–H groups in total. The Morgan fingerprint density at radius 2 is 1.95 bits per heavy atom. The molecule has 0 radical (unpaired) electrons. The molecule has 1 heterocycles. The Morgan fingerprint density at radius 3 is 2.65 bits per heavy atom. The molecule has 4 heteroatoms. The largest absolute Gasteiger partial charge is 0.497 e. The van der Waals surface area contributed by atoms with E-state index in [-0.39, 0.29) is 11.9 Å². The molecule has 1 unspecified atom stereocenters. The van der Waals surface area contributed by atoms with Crippen molar-refractivity contribution in [2.24, 2.45) is 0 Å². The topological polar surface area (TPSA) is 35.5 Å². The summed E-state index contributed by atoms with van der Waals surface area (Å²) in [5.41, 5.74) is 1.53. The summed E-state index contributed by atoms with van der Waals surface area (Å²) in [4.78, 5) is 12.2. The molecule has 2 aromatic rings. The third kappa shape index (κ3) is 2.37. The molecule has 1 aliphatic heterocycles. The van der Waals surface area contributed by atoms with E-state index in [1.165, 1.54) is 0 Å². The van der Waals surface area contributed by atoms with Crippen LogP contribution in [-0.2, 0) is 0 Å². The first-order chi connectivity index (χ1) is 9.67. The highest BCUT2D eigenvalue weighted by Gasteiger charge is 2.27. The van der Waals surface area contributed by atoms with Crippen molar-refractivity contribution < 1.29 is 14.3 Å². The van der Waals surface area contributed by atoms with Crippen LogP contribution < -0.4 is 9.47 Å². The lowest BCUT2D eigenvalue weighted by Crippen LogP contribution is -2.20. The van der Waals surface area contributed by atoms with Gasteiger partial charge in [-0.3, -0.25) is 4.79 Å². The predicted molar refractivity (Wildman–Crippen MR) is 76.8 cm³/mol. The normalized spacial score (nSPS) is 17.3. The molecular weight excluding hydrogens is 276 g/mol. The summed E-state index contributed by atoms with van der Waals surface area (Å²) in [5, 5.41) is 0.668. The van der Waals surface area contributed by atoms with Gasteiger partial charge in [-0.1, -0.05) is 23.7 Å². The fraction of sp³-hybridized carbons (Fsp3) is 0.188. The first-order valence-corrected chi connectivity index (χ1v) is 6.68. The number of hydrogen-bond acceptors (Lipinski definition) is 3. The van der Waals surface area contributed by atoms with Crippen LogP contribution in [0.2, 0.25) is 5.02 Å². The molecule has 0 fully saturated rings. The van der Waals surface area contributed by atoms with Crippen LogP contribution in [0.3, 0.4) is 0 Å². The first kappa shape index (κ1) is 13.0. The Bertz CT molecular complexity index is 649. The number of methoxy groups -OCH3 is 1. The summed E-state index contributed by atoms with van der Waals surface area (Å²) >= 11 is 5.87. The van der Waals surface area contributed by atoms with Gasteiger partial charge in [-0.2, -0.15) is 0 Å². The standard InChI is InChI=1S/C16H13ClO3/c1-19-12-6-7-15-13(8-12)14(18)9-16(20-15)10-2-4-11(17)5-3-10/h2-8,16H,9H2,1H3. The summed E-state index contributed by atoms with van der Waals surface area (Å²) in [6, 6.07) is 12.6. The van der Waals surface area contributed by atoms with Crippen LogP contribution in [0.15, 0.2) is 42.5 Å². The fourth-order valence-corrected chi connectivity index (χ4v) is 2.42. The van der Waals surface area contributed by atoms with Gasteiger partial charge in [0.1, 0.15) is 17.6 Å². The second kappa shape index (κ2) is 5.17. The molecule has 3 nitrogen and oxygen atoms in total. The molecule has 20 heavy (non-hydrogen) atoms. The average molecular weight is 289 g/mol. The van der Waals surface area contributed by atoms with Crippen molar-refractivity contribution in [3.05, 3.63) is 58.6 Å². The molecular formula is C16H13ClO3. The molecule has 0 saturated carbocycles. The van der Waals surface area contributed by atoms with Crippen LogP contribution in [-0.4, -0.2) is 12.9 Å². The highest BCUT2D eigenvalue weighted by Crippen LogP contribution is 2.36. The second-order valence-electron chi connectivity index (χ2n) is 4.65. The van der Waals surface area contributed by atoms with E-state index < -0.39 is 0 Å². The fourth-order valence-electron chi connectivity index (χ4n) is 2.29. The number of fused-ring (bicyclic) bond motifs is 1. The summed E-state index contributed by atoms with van der Waals surface area (Å²) in [5.74, 6) is 1.32. The van der Waals surface area contributed by atoms with Gasteiger partial charge in [-0.05, 0) is 35.9 Å². The number of rotatable bonds is 2. The van der Waals surface area contributed by atoms with Gasteiger partial charge < -0.3 is 9.47 Å². The Morgan fingerprint density at radius 1 is 1.20 bits per heavy atom. The first-order valence-electron chi connectivity index (χ1n) is 6.31. The summed E-state index contributed by atoms with van der Waals surface area (Å²) < 4.78 is 11.0. The number of carbonyl (C=O) groups excluding carboxylic acids is 1. The molecule has 3 rings (SSSR count). The van der Waals surface area contributed by atoms with Gasteiger partial charge in [0.05, 0.1) is 19.1 Å². The van der Waals surface area contributed by atoms with Gasteiger partial charge in [0.25, 0.3) is 0 Å².